The van der Waals surface area contributed by atoms with Gasteiger partial charge in [-0.25, -0.2) is 0 Å². The molecule has 0 N–H and O–H groups in total. The molecule has 0 aromatic heterocycles. The average molecular weight is 338 g/mol. The van der Waals surface area contributed by atoms with Crippen molar-refractivity contribution < 1.29 is 23.8 Å². The first-order valence-electron chi connectivity index (χ1n) is 7.98. The number of allylic oxidation sites excluding steroid dienone is 1. The normalized spacial score (nSPS) is 14.2. The fraction of sp³-hybridized carbons (Fsp3) is 0.200. The van der Waals surface area contributed by atoms with Crippen molar-refractivity contribution in [3.05, 3.63) is 58.8 Å². The summed E-state index contributed by atoms with van der Waals surface area (Å²) in [4.78, 5) is 23.7. The molecule has 25 heavy (non-hydrogen) atoms. The maximum absolute atomic E-state index is 12.6. The van der Waals surface area contributed by atoms with E-state index in [2.05, 4.69) is 0 Å². The van der Waals surface area contributed by atoms with E-state index in [1.165, 1.54) is 6.92 Å². The minimum absolute atomic E-state index is 0.184. The Bertz CT molecular complexity index is 862. The van der Waals surface area contributed by atoms with Gasteiger partial charge in [-0.05, 0) is 49.2 Å². The van der Waals surface area contributed by atoms with Gasteiger partial charge in [0.1, 0.15) is 17.2 Å². The predicted molar refractivity (Wildman–Crippen MR) is 93.0 cm³/mol. The number of ether oxygens (including phenoxy) is 3. The summed E-state index contributed by atoms with van der Waals surface area (Å²) in [5, 5.41) is 0. The third-order valence-electron chi connectivity index (χ3n) is 3.69. The Labute approximate surface area is 145 Å². The summed E-state index contributed by atoms with van der Waals surface area (Å²) in [5.41, 5.74) is 2.03. The number of Topliss-reactive ketones (excluding diaryl/α,β-unsaturated/α-hetero) is 1. The SMILES string of the molecule is CCOc1ccc(/C=C2\Oc3cc(OC(C)=O)cc(C)c3C2=O)cc1. The number of carbonyl (C=O) groups excluding carboxylic acids is 2. The Hall–Kier alpha value is -3.08. The van der Waals surface area contributed by atoms with Gasteiger partial charge in [-0.1, -0.05) is 12.1 Å². The second kappa shape index (κ2) is 6.81. The van der Waals surface area contributed by atoms with Crippen LogP contribution in [0.4, 0.5) is 0 Å². The number of ketones is 1. The minimum Gasteiger partial charge on any atom is -0.494 e. The molecule has 1 heterocycles. The summed E-state index contributed by atoms with van der Waals surface area (Å²) in [6, 6.07) is 10.6. The molecule has 0 unspecified atom stereocenters. The number of hydrogen-bond acceptors (Lipinski definition) is 5. The summed E-state index contributed by atoms with van der Waals surface area (Å²) in [7, 11) is 0. The Morgan fingerprint density at radius 3 is 2.52 bits per heavy atom. The van der Waals surface area contributed by atoms with Gasteiger partial charge in [0.25, 0.3) is 0 Å². The smallest absolute Gasteiger partial charge is 0.308 e. The summed E-state index contributed by atoms with van der Waals surface area (Å²) < 4.78 is 16.2. The van der Waals surface area contributed by atoms with Crippen molar-refractivity contribution in [3.8, 4) is 17.2 Å². The molecule has 5 nitrogen and oxygen atoms in total. The standard InChI is InChI=1S/C20H18O5/c1-4-23-15-7-5-14(6-8-15)10-18-20(22)19-12(2)9-16(24-13(3)21)11-17(19)25-18/h5-11H,4H2,1-3H3/b18-10-. The van der Waals surface area contributed by atoms with Crippen molar-refractivity contribution in [2.24, 2.45) is 0 Å². The number of rotatable bonds is 4. The monoisotopic (exact) mass is 338 g/mol. The van der Waals surface area contributed by atoms with Crippen LogP contribution in [0.2, 0.25) is 0 Å². The Kier molecular flexibility index (Phi) is 4.57. The van der Waals surface area contributed by atoms with Crippen LogP contribution in [0, 0.1) is 6.92 Å². The third-order valence-corrected chi connectivity index (χ3v) is 3.69. The Balaban J connectivity index is 1.88. The molecule has 1 aliphatic heterocycles. The van der Waals surface area contributed by atoms with Crippen molar-refractivity contribution in [3.63, 3.8) is 0 Å². The molecule has 0 spiro atoms. The van der Waals surface area contributed by atoms with E-state index >= 15 is 0 Å². The van der Waals surface area contributed by atoms with E-state index in [-0.39, 0.29) is 11.5 Å². The number of benzene rings is 2. The van der Waals surface area contributed by atoms with Crippen LogP contribution < -0.4 is 14.2 Å². The van der Waals surface area contributed by atoms with Crippen LogP contribution in [0.3, 0.4) is 0 Å². The molecule has 0 radical (unpaired) electrons. The number of carbonyl (C=O) groups is 2. The molecule has 0 saturated carbocycles. The van der Waals surface area contributed by atoms with E-state index in [9.17, 15) is 9.59 Å². The molecule has 0 saturated heterocycles. The van der Waals surface area contributed by atoms with Gasteiger partial charge in [0.05, 0.1) is 12.2 Å². The zero-order chi connectivity index (χ0) is 18.0. The number of hydrogen-bond donors (Lipinski definition) is 0. The van der Waals surface area contributed by atoms with Crippen molar-refractivity contribution in [1.29, 1.82) is 0 Å². The van der Waals surface area contributed by atoms with Gasteiger partial charge in [-0.2, -0.15) is 0 Å². The lowest BCUT2D eigenvalue weighted by Gasteiger charge is -2.05. The second-order valence-corrected chi connectivity index (χ2v) is 5.65. The van der Waals surface area contributed by atoms with Gasteiger partial charge in [-0.3, -0.25) is 9.59 Å². The van der Waals surface area contributed by atoms with E-state index < -0.39 is 5.97 Å². The Morgan fingerprint density at radius 2 is 1.88 bits per heavy atom. The van der Waals surface area contributed by atoms with Gasteiger partial charge in [-0.15, -0.1) is 0 Å². The molecular formula is C20H18O5. The number of esters is 1. The van der Waals surface area contributed by atoms with Crippen molar-refractivity contribution in [1.82, 2.24) is 0 Å². The van der Waals surface area contributed by atoms with E-state index in [4.69, 9.17) is 14.2 Å². The van der Waals surface area contributed by atoms with Gasteiger partial charge >= 0.3 is 5.97 Å². The highest BCUT2D eigenvalue weighted by molar-refractivity contribution is 6.15. The minimum atomic E-state index is -0.422. The summed E-state index contributed by atoms with van der Waals surface area (Å²) in [6.45, 7) is 5.63. The summed E-state index contributed by atoms with van der Waals surface area (Å²) in [6.07, 6.45) is 1.68. The molecule has 2 aromatic carbocycles. The zero-order valence-corrected chi connectivity index (χ0v) is 14.3. The average Bonchev–Trinajstić information content (AvgIpc) is 2.85. The molecule has 5 heteroatoms. The van der Waals surface area contributed by atoms with Crippen LogP contribution in [0.25, 0.3) is 6.08 Å². The zero-order valence-electron chi connectivity index (χ0n) is 14.3. The van der Waals surface area contributed by atoms with Crippen LogP contribution in [0.1, 0.15) is 35.3 Å². The van der Waals surface area contributed by atoms with Crippen molar-refractivity contribution >= 4 is 17.8 Å². The fourth-order valence-corrected chi connectivity index (χ4v) is 2.68. The second-order valence-electron chi connectivity index (χ2n) is 5.65. The summed E-state index contributed by atoms with van der Waals surface area (Å²) >= 11 is 0. The largest absolute Gasteiger partial charge is 0.494 e. The fourth-order valence-electron chi connectivity index (χ4n) is 2.68. The van der Waals surface area contributed by atoms with Gasteiger partial charge in [0.2, 0.25) is 5.78 Å². The van der Waals surface area contributed by atoms with E-state index in [0.717, 1.165) is 11.3 Å². The number of aryl methyl sites for hydroxylation is 1. The van der Waals surface area contributed by atoms with Gasteiger partial charge in [0, 0.05) is 13.0 Å². The quantitative estimate of drug-likeness (QED) is 0.480. The number of fused-ring (bicyclic) bond motifs is 1. The van der Waals surface area contributed by atoms with Gasteiger partial charge in [0.15, 0.2) is 5.76 Å². The molecule has 0 aliphatic carbocycles. The maximum Gasteiger partial charge on any atom is 0.308 e. The molecule has 0 amide bonds. The third kappa shape index (κ3) is 3.55. The molecule has 0 atom stereocenters. The predicted octanol–water partition coefficient (Wildman–Crippen LogP) is 3.94. The highest BCUT2D eigenvalue weighted by atomic mass is 16.5. The van der Waals surface area contributed by atoms with E-state index in [1.54, 1.807) is 25.1 Å². The molecule has 1 aliphatic rings. The van der Waals surface area contributed by atoms with E-state index in [1.807, 2.05) is 31.2 Å². The topological polar surface area (TPSA) is 61.8 Å². The summed E-state index contributed by atoms with van der Waals surface area (Å²) in [5.74, 6) is 1.16. The first kappa shape index (κ1) is 16.8. The molecule has 2 aromatic rings. The highest BCUT2D eigenvalue weighted by Gasteiger charge is 2.30. The van der Waals surface area contributed by atoms with Crippen molar-refractivity contribution in [2.45, 2.75) is 20.8 Å². The highest BCUT2D eigenvalue weighted by Crippen LogP contribution is 2.37. The van der Waals surface area contributed by atoms with Crippen molar-refractivity contribution in [2.75, 3.05) is 6.61 Å². The van der Waals surface area contributed by atoms with Crippen LogP contribution >= 0.6 is 0 Å². The molecule has 0 fully saturated rings. The van der Waals surface area contributed by atoms with Gasteiger partial charge < -0.3 is 14.2 Å². The van der Waals surface area contributed by atoms with Crippen LogP contribution in [0.5, 0.6) is 17.2 Å². The lowest BCUT2D eigenvalue weighted by molar-refractivity contribution is -0.131. The maximum atomic E-state index is 12.6. The lowest BCUT2D eigenvalue weighted by Crippen LogP contribution is -2.02. The van der Waals surface area contributed by atoms with Crippen LogP contribution in [-0.2, 0) is 4.79 Å². The van der Waals surface area contributed by atoms with Crippen LogP contribution in [-0.4, -0.2) is 18.4 Å². The molecular weight excluding hydrogens is 320 g/mol. The Morgan fingerprint density at radius 1 is 1.16 bits per heavy atom. The first-order chi connectivity index (χ1) is 12.0. The van der Waals surface area contributed by atoms with E-state index in [0.29, 0.717) is 29.2 Å². The molecule has 128 valence electrons. The molecule has 3 rings (SSSR count). The molecule has 0 bridgehead atoms. The first-order valence-corrected chi connectivity index (χ1v) is 7.98. The lowest BCUT2D eigenvalue weighted by atomic mass is 10.0. The van der Waals surface area contributed by atoms with Crippen LogP contribution in [0.15, 0.2) is 42.2 Å².